The highest BCUT2D eigenvalue weighted by molar-refractivity contribution is 4.92. The summed E-state index contributed by atoms with van der Waals surface area (Å²) >= 11 is 0. The number of rotatable bonds is 9. The summed E-state index contributed by atoms with van der Waals surface area (Å²) in [5.74, 6) is 2.15. The number of hydrogen-bond donors (Lipinski definition) is 0. The van der Waals surface area contributed by atoms with Crippen LogP contribution in [0.5, 0.6) is 0 Å². The van der Waals surface area contributed by atoms with Crippen LogP contribution in [0.15, 0.2) is 0 Å². The molecule has 0 atom stereocenters. The highest BCUT2D eigenvalue weighted by Gasteiger charge is 2.38. The van der Waals surface area contributed by atoms with Crippen molar-refractivity contribution in [3.8, 4) is 0 Å². The van der Waals surface area contributed by atoms with Crippen molar-refractivity contribution < 1.29 is 0 Å². The third kappa shape index (κ3) is 3.98. The quantitative estimate of drug-likeness (QED) is 0.529. The Kier molecular flexibility index (Phi) is 6.01. The molecule has 0 amide bonds. The van der Waals surface area contributed by atoms with Gasteiger partial charge in [0.25, 0.3) is 0 Å². The van der Waals surface area contributed by atoms with Gasteiger partial charge in [0, 0.05) is 19.1 Å². The minimum Gasteiger partial charge on any atom is -0.300 e. The number of nitrogens with zero attached hydrogens (tertiary/aromatic N) is 1. The van der Waals surface area contributed by atoms with E-state index in [0.29, 0.717) is 0 Å². The molecule has 0 aromatic carbocycles. The third-order valence-corrected chi connectivity index (χ3v) is 5.12. The van der Waals surface area contributed by atoms with Gasteiger partial charge >= 0.3 is 0 Å². The number of fused-ring (bicyclic) bond motifs is 2. The van der Waals surface area contributed by atoms with E-state index >= 15 is 0 Å². The van der Waals surface area contributed by atoms with Crippen molar-refractivity contribution in [1.29, 1.82) is 0 Å². The first-order valence-electron chi connectivity index (χ1n) is 8.57. The summed E-state index contributed by atoms with van der Waals surface area (Å²) in [7, 11) is 0. The highest BCUT2D eigenvalue weighted by atomic mass is 15.2. The fraction of sp³-hybridized carbons (Fsp3) is 1.00. The van der Waals surface area contributed by atoms with Crippen molar-refractivity contribution in [1.82, 2.24) is 4.90 Å². The second kappa shape index (κ2) is 7.53. The van der Waals surface area contributed by atoms with Crippen LogP contribution >= 0.6 is 0 Å². The van der Waals surface area contributed by atoms with Crippen molar-refractivity contribution in [3.63, 3.8) is 0 Å². The number of unbranched alkanes of at least 4 members (excludes halogenated alkanes) is 4. The molecular formula is C17H33N. The van der Waals surface area contributed by atoms with Crippen molar-refractivity contribution in [3.05, 3.63) is 0 Å². The van der Waals surface area contributed by atoms with Crippen molar-refractivity contribution in [2.75, 3.05) is 13.1 Å². The average molecular weight is 251 g/mol. The van der Waals surface area contributed by atoms with Crippen LogP contribution in [0, 0.1) is 11.8 Å². The van der Waals surface area contributed by atoms with Crippen LogP contribution in [0.1, 0.15) is 78.1 Å². The van der Waals surface area contributed by atoms with Crippen LogP contribution in [0.25, 0.3) is 0 Å². The predicted molar refractivity (Wildman–Crippen MR) is 79.9 cm³/mol. The summed E-state index contributed by atoms with van der Waals surface area (Å²) in [4.78, 5) is 2.87. The largest absolute Gasteiger partial charge is 0.300 e. The summed E-state index contributed by atoms with van der Waals surface area (Å²) in [6.07, 6.45) is 14.6. The maximum absolute atomic E-state index is 2.87. The molecule has 0 aromatic rings. The topological polar surface area (TPSA) is 3.24 Å². The van der Waals surface area contributed by atoms with E-state index in [9.17, 15) is 0 Å². The Morgan fingerprint density at radius 2 is 1.33 bits per heavy atom. The molecule has 0 unspecified atom stereocenters. The number of piperidine rings is 2. The van der Waals surface area contributed by atoms with E-state index in [1.807, 2.05) is 0 Å². The first-order chi connectivity index (χ1) is 8.83. The summed E-state index contributed by atoms with van der Waals surface area (Å²) in [5, 5.41) is 0. The Hall–Kier alpha value is -0.0400. The van der Waals surface area contributed by atoms with Crippen LogP contribution in [-0.2, 0) is 0 Å². The van der Waals surface area contributed by atoms with Gasteiger partial charge in [-0.05, 0) is 37.5 Å². The van der Waals surface area contributed by atoms with E-state index in [1.165, 1.54) is 64.5 Å². The lowest BCUT2D eigenvalue weighted by molar-refractivity contribution is -0.00417. The van der Waals surface area contributed by atoms with Gasteiger partial charge in [-0.1, -0.05) is 52.4 Å². The van der Waals surface area contributed by atoms with Crippen LogP contribution in [0.4, 0.5) is 0 Å². The van der Waals surface area contributed by atoms with E-state index in [0.717, 1.165) is 17.9 Å². The minimum atomic E-state index is 0.925. The molecule has 0 radical (unpaired) electrons. The molecule has 106 valence electrons. The lowest BCUT2D eigenvalue weighted by atomic mass is 9.70. The molecule has 2 bridgehead atoms. The smallest absolute Gasteiger partial charge is 0.00954 e. The van der Waals surface area contributed by atoms with Gasteiger partial charge in [-0.2, -0.15) is 0 Å². The molecule has 1 nitrogen and oxygen atoms in total. The lowest BCUT2D eigenvalue weighted by Crippen LogP contribution is -2.52. The van der Waals surface area contributed by atoms with Crippen LogP contribution < -0.4 is 0 Å². The average Bonchev–Trinajstić information content (AvgIpc) is 2.36. The zero-order chi connectivity index (χ0) is 12.8. The summed E-state index contributed by atoms with van der Waals surface area (Å²) in [6.45, 7) is 7.50. The third-order valence-electron chi connectivity index (χ3n) is 5.12. The van der Waals surface area contributed by atoms with E-state index in [2.05, 4.69) is 18.7 Å². The molecule has 2 saturated heterocycles. The first kappa shape index (κ1) is 14.4. The van der Waals surface area contributed by atoms with E-state index < -0.39 is 0 Å². The van der Waals surface area contributed by atoms with Crippen LogP contribution in [0.2, 0.25) is 0 Å². The lowest BCUT2D eigenvalue weighted by Gasteiger charge is -2.50. The van der Waals surface area contributed by atoms with Crippen LogP contribution in [-0.4, -0.2) is 24.0 Å². The molecule has 3 fully saturated rings. The van der Waals surface area contributed by atoms with Gasteiger partial charge in [0.1, 0.15) is 0 Å². The van der Waals surface area contributed by atoms with Crippen molar-refractivity contribution in [2.45, 2.75) is 84.1 Å². The fourth-order valence-electron chi connectivity index (χ4n) is 3.98. The Bertz CT molecular complexity index is 200. The van der Waals surface area contributed by atoms with E-state index in [-0.39, 0.29) is 0 Å². The van der Waals surface area contributed by atoms with Crippen molar-refractivity contribution in [2.24, 2.45) is 11.8 Å². The molecule has 2 heterocycles. The van der Waals surface area contributed by atoms with Gasteiger partial charge in [-0.25, -0.2) is 0 Å². The Morgan fingerprint density at radius 1 is 0.833 bits per heavy atom. The Balaban J connectivity index is 1.74. The molecular weight excluding hydrogens is 218 g/mol. The minimum absolute atomic E-state index is 0.925. The SMILES string of the molecule is CCCCCC(CCCCC)N1CC2CC(C2)C1. The van der Waals surface area contributed by atoms with E-state index in [4.69, 9.17) is 0 Å². The monoisotopic (exact) mass is 251 g/mol. The molecule has 0 N–H and O–H groups in total. The van der Waals surface area contributed by atoms with Gasteiger partial charge in [0.2, 0.25) is 0 Å². The molecule has 0 aromatic heterocycles. The van der Waals surface area contributed by atoms with E-state index in [1.54, 1.807) is 12.8 Å². The molecule has 1 heteroatoms. The normalized spacial score (nSPS) is 27.5. The molecule has 1 saturated carbocycles. The van der Waals surface area contributed by atoms with Gasteiger partial charge in [0.05, 0.1) is 0 Å². The standard InChI is InChI=1S/C17H33N/c1-3-5-7-9-17(10-8-6-4-2)18-13-15-11-16(12-15)14-18/h15-17H,3-14H2,1-2H3. The van der Waals surface area contributed by atoms with Gasteiger partial charge in [0.15, 0.2) is 0 Å². The van der Waals surface area contributed by atoms with Crippen LogP contribution in [0.3, 0.4) is 0 Å². The molecule has 18 heavy (non-hydrogen) atoms. The van der Waals surface area contributed by atoms with Gasteiger partial charge < -0.3 is 0 Å². The molecule has 3 rings (SSSR count). The first-order valence-corrected chi connectivity index (χ1v) is 8.57. The second-order valence-corrected chi connectivity index (χ2v) is 6.80. The number of hydrogen-bond acceptors (Lipinski definition) is 1. The Morgan fingerprint density at radius 3 is 1.78 bits per heavy atom. The highest BCUT2D eigenvalue weighted by Crippen LogP contribution is 2.41. The second-order valence-electron chi connectivity index (χ2n) is 6.80. The zero-order valence-corrected chi connectivity index (χ0v) is 12.7. The Labute approximate surface area is 114 Å². The summed E-state index contributed by atoms with van der Waals surface area (Å²) in [5.41, 5.74) is 0. The maximum atomic E-state index is 2.87. The molecule has 2 aliphatic heterocycles. The fourth-order valence-corrected chi connectivity index (χ4v) is 3.98. The molecule has 1 aliphatic carbocycles. The van der Waals surface area contributed by atoms with Gasteiger partial charge in [-0.15, -0.1) is 0 Å². The maximum Gasteiger partial charge on any atom is 0.00954 e. The predicted octanol–water partition coefficient (Wildman–Crippen LogP) is 4.86. The molecule has 0 spiro atoms. The zero-order valence-electron chi connectivity index (χ0n) is 12.7. The van der Waals surface area contributed by atoms with Gasteiger partial charge in [-0.3, -0.25) is 4.90 Å². The van der Waals surface area contributed by atoms with Crippen molar-refractivity contribution >= 4 is 0 Å². The summed E-state index contributed by atoms with van der Waals surface area (Å²) < 4.78 is 0. The summed E-state index contributed by atoms with van der Waals surface area (Å²) in [6, 6.07) is 0.925. The molecule has 3 aliphatic rings.